The van der Waals surface area contributed by atoms with E-state index in [9.17, 15) is 5.26 Å². The monoisotopic (exact) mass is 280 g/mol. The van der Waals surface area contributed by atoms with Gasteiger partial charge in [0, 0.05) is 11.6 Å². The normalized spacial score (nSPS) is 19.7. The molecule has 0 saturated carbocycles. The summed E-state index contributed by atoms with van der Waals surface area (Å²) in [7, 11) is -0.491. The Balaban J connectivity index is 2.17. The first-order valence-electron chi connectivity index (χ1n) is 6.99. The Hall–Kier alpha value is -1.90. The maximum Gasteiger partial charge on any atom is 0.495 e. The Morgan fingerprint density at radius 2 is 1.76 bits per heavy atom. The molecule has 1 fully saturated rings. The fraction of sp³-hybridized carbons (Fsp3) is 0.375. The molecule has 1 saturated heterocycles. The smallest absolute Gasteiger partial charge is 0.399 e. The average Bonchev–Trinajstić information content (AvgIpc) is 2.66. The second-order valence-electron chi connectivity index (χ2n) is 6.30. The fourth-order valence-corrected chi connectivity index (χ4v) is 2.51. The Labute approximate surface area is 124 Å². The summed E-state index contributed by atoms with van der Waals surface area (Å²) in [6.45, 7) is 8.06. The van der Waals surface area contributed by atoms with Crippen LogP contribution < -0.4 is 5.46 Å². The van der Waals surface area contributed by atoms with E-state index < -0.39 is 18.3 Å². The van der Waals surface area contributed by atoms with Gasteiger partial charge in [0.15, 0.2) is 0 Å². The zero-order valence-corrected chi connectivity index (χ0v) is 12.7. The van der Waals surface area contributed by atoms with E-state index in [1.807, 2.05) is 52.0 Å². The summed E-state index contributed by atoms with van der Waals surface area (Å²) in [6.07, 6.45) is 1.65. The van der Waals surface area contributed by atoms with Crippen molar-refractivity contribution in [3.05, 3.63) is 36.2 Å². The van der Waals surface area contributed by atoms with E-state index in [0.717, 1.165) is 16.2 Å². The highest BCUT2D eigenvalue weighted by molar-refractivity contribution is 6.65. The van der Waals surface area contributed by atoms with Crippen LogP contribution in [-0.4, -0.2) is 23.3 Å². The van der Waals surface area contributed by atoms with E-state index in [1.54, 1.807) is 6.20 Å². The van der Waals surface area contributed by atoms with Crippen LogP contribution in [0.2, 0.25) is 0 Å². The molecule has 0 spiro atoms. The van der Waals surface area contributed by atoms with Gasteiger partial charge in [-0.3, -0.25) is 0 Å². The van der Waals surface area contributed by atoms with Crippen LogP contribution in [0.5, 0.6) is 0 Å². The van der Waals surface area contributed by atoms with Crippen LogP contribution in [0, 0.1) is 11.3 Å². The summed E-state index contributed by atoms with van der Waals surface area (Å²) in [6, 6.07) is 9.90. The van der Waals surface area contributed by atoms with Crippen molar-refractivity contribution in [2.75, 3.05) is 0 Å². The molecule has 0 N–H and O–H groups in total. The number of hydrogen-bond acceptors (Lipinski definition) is 4. The van der Waals surface area contributed by atoms with Crippen LogP contribution in [-0.2, 0) is 9.31 Å². The summed E-state index contributed by atoms with van der Waals surface area (Å²) < 4.78 is 12.2. The molecule has 0 aliphatic carbocycles. The lowest BCUT2D eigenvalue weighted by atomic mass is 9.76. The fourth-order valence-electron chi connectivity index (χ4n) is 2.51. The first-order chi connectivity index (χ1) is 9.86. The van der Waals surface area contributed by atoms with Crippen LogP contribution in [0.3, 0.4) is 0 Å². The molecule has 0 unspecified atom stereocenters. The third-order valence-corrected chi connectivity index (χ3v) is 4.44. The number of aromatic nitrogens is 1. The molecule has 1 aliphatic heterocycles. The summed E-state index contributed by atoms with van der Waals surface area (Å²) in [4.78, 5) is 4.16. The van der Waals surface area contributed by atoms with Crippen molar-refractivity contribution in [2.45, 2.75) is 38.9 Å². The van der Waals surface area contributed by atoms with Gasteiger partial charge in [0.05, 0.1) is 11.2 Å². The van der Waals surface area contributed by atoms with Gasteiger partial charge in [-0.05, 0) is 44.6 Å². The third-order valence-electron chi connectivity index (χ3n) is 4.44. The van der Waals surface area contributed by atoms with Crippen molar-refractivity contribution in [3.63, 3.8) is 0 Å². The number of benzene rings is 1. The molecular formula is C16H17BN2O2. The first-order valence-corrected chi connectivity index (χ1v) is 6.99. The van der Waals surface area contributed by atoms with Crippen molar-refractivity contribution in [1.29, 1.82) is 5.26 Å². The molecule has 2 aromatic rings. The Kier molecular flexibility index (Phi) is 3.05. The quantitative estimate of drug-likeness (QED) is 0.753. The number of hydrogen-bond donors (Lipinski definition) is 0. The highest BCUT2D eigenvalue weighted by Crippen LogP contribution is 2.37. The molecule has 0 radical (unpaired) electrons. The van der Waals surface area contributed by atoms with Gasteiger partial charge in [0.25, 0.3) is 0 Å². The highest BCUT2D eigenvalue weighted by atomic mass is 16.7. The minimum atomic E-state index is -0.491. The number of rotatable bonds is 1. The van der Waals surface area contributed by atoms with Gasteiger partial charge < -0.3 is 9.31 Å². The molecular weight excluding hydrogens is 263 g/mol. The zero-order chi connectivity index (χ0) is 15.3. The lowest BCUT2D eigenvalue weighted by Gasteiger charge is -2.32. The number of pyridine rings is 1. The maximum absolute atomic E-state index is 9.31. The van der Waals surface area contributed by atoms with Gasteiger partial charge in [-0.1, -0.05) is 18.2 Å². The van der Waals surface area contributed by atoms with Crippen molar-refractivity contribution < 1.29 is 9.31 Å². The van der Waals surface area contributed by atoms with Gasteiger partial charge in [-0.25, -0.2) is 4.98 Å². The van der Waals surface area contributed by atoms with E-state index in [-0.39, 0.29) is 0 Å². The van der Waals surface area contributed by atoms with E-state index in [4.69, 9.17) is 9.31 Å². The van der Waals surface area contributed by atoms with Crippen LogP contribution in [0.15, 0.2) is 30.5 Å². The lowest BCUT2D eigenvalue weighted by molar-refractivity contribution is 0.00578. The SMILES string of the molecule is CC1(C)OB(c2cccc3ccnc(C#N)c23)OC1(C)C. The van der Waals surface area contributed by atoms with Gasteiger partial charge in [0.1, 0.15) is 11.8 Å². The van der Waals surface area contributed by atoms with Crippen molar-refractivity contribution in [1.82, 2.24) is 4.98 Å². The van der Waals surface area contributed by atoms with Gasteiger partial charge in [-0.15, -0.1) is 0 Å². The summed E-state index contributed by atoms with van der Waals surface area (Å²) in [5.41, 5.74) is 0.442. The minimum absolute atomic E-state index is 0.401. The van der Waals surface area contributed by atoms with E-state index in [1.165, 1.54) is 0 Å². The number of nitrogens with zero attached hydrogens (tertiary/aromatic N) is 2. The Morgan fingerprint density at radius 3 is 2.38 bits per heavy atom. The lowest BCUT2D eigenvalue weighted by Crippen LogP contribution is -2.41. The molecule has 5 heteroatoms. The second kappa shape index (κ2) is 4.55. The van der Waals surface area contributed by atoms with Crippen molar-refractivity contribution >= 4 is 23.4 Å². The molecule has 0 amide bonds. The second-order valence-corrected chi connectivity index (χ2v) is 6.30. The molecule has 1 aromatic carbocycles. The molecule has 1 aromatic heterocycles. The van der Waals surface area contributed by atoms with Crippen molar-refractivity contribution in [3.8, 4) is 6.07 Å². The topological polar surface area (TPSA) is 55.1 Å². The largest absolute Gasteiger partial charge is 0.495 e. The zero-order valence-electron chi connectivity index (χ0n) is 12.7. The third kappa shape index (κ3) is 2.12. The molecule has 3 rings (SSSR count). The molecule has 0 bridgehead atoms. The van der Waals surface area contributed by atoms with Crippen LogP contribution in [0.4, 0.5) is 0 Å². The van der Waals surface area contributed by atoms with E-state index >= 15 is 0 Å². The summed E-state index contributed by atoms with van der Waals surface area (Å²) >= 11 is 0. The number of nitriles is 1. The van der Waals surface area contributed by atoms with Gasteiger partial charge >= 0.3 is 7.12 Å². The Morgan fingerprint density at radius 1 is 1.10 bits per heavy atom. The minimum Gasteiger partial charge on any atom is -0.399 e. The van der Waals surface area contributed by atoms with Crippen LogP contribution in [0.25, 0.3) is 10.8 Å². The standard InChI is InChI=1S/C16H17BN2O2/c1-15(2)16(3,4)21-17(20-15)12-7-5-6-11-8-9-19-13(10-18)14(11)12/h5-9H,1-4H3. The van der Waals surface area contributed by atoms with Crippen LogP contribution in [0.1, 0.15) is 33.4 Å². The molecule has 106 valence electrons. The van der Waals surface area contributed by atoms with Crippen LogP contribution >= 0.6 is 0 Å². The summed E-state index contributed by atoms with van der Waals surface area (Å²) in [5.74, 6) is 0. The maximum atomic E-state index is 9.31. The predicted octanol–water partition coefficient (Wildman–Crippen LogP) is 2.41. The first kappa shape index (κ1) is 14.1. The van der Waals surface area contributed by atoms with Gasteiger partial charge in [-0.2, -0.15) is 5.26 Å². The molecule has 21 heavy (non-hydrogen) atoms. The Bertz CT molecular complexity index is 728. The molecule has 2 heterocycles. The van der Waals surface area contributed by atoms with Crippen molar-refractivity contribution in [2.24, 2.45) is 0 Å². The molecule has 0 atom stereocenters. The summed E-state index contributed by atoms with van der Waals surface area (Å²) in [5, 5.41) is 11.1. The molecule has 1 aliphatic rings. The number of fused-ring (bicyclic) bond motifs is 1. The van der Waals surface area contributed by atoms with E-state index in [0.29, 0.717) is 5.69 Å². The van der Waals surface area contributed by atoms with E-state index in [2.05, 4.69) is 11.1 Å². The average molecular weight is 280 g/mol. The predicted molar refractivity (Wildman–Crippen MR) is 82.2 cm³/mol. The molecule has 4 nitrogen and oxygen atoms in total. The highest BCUT2D eigenvalue weighted by Gasteiger charge is 2.52. The van der Waals surface area contributed by atoms with Gasteiger partial charge in [0.2, 0.25) is 0 Å².